The van der Waals surface area contributed by atoms with Gasteiger partial charge in [-0.3, -0.25) is 0 Å². The summed E-state index contributed by atoms with van der Waals surface area (Å²) in [6, 6.07) is 14.4. The van der Waals surface area contributed by atoms with Crippen molar-refractivity contribution in [3.63, 3.8) is 0 Å². The summed E-state index contributed by atoms with van der Waals surface area (Å²) in [6.07, 6.45) is 1.88. The number of carbonyl (C=O) groups is 1. The number of rotatable bonds is 8. The highest BCUT2D eigenvalue weighted by Gasteiger charge is 2.05. The second kappa shape index (κ2) is 9.45. The summed E-state index contributed by atoms with van der Waals surface area (Å²) in [5.74, 6) is 1.48. The Hall–Kier alpha value is -2.69. The van der Waals surface area contributed by atoms with E-state index in [-0.39, 0.29) is 6.03 Å². The zero-order valence-corrected chi connectivity index (χ0v) is 14.2. The van der Waals surface area contributed by atoms with Crippen LogP contribution in [-0.2, 0) is 0 Å². The summed E-state index contributed by atoms with van der Waals surface area (Å²) in [4.78, 5) is 12.1. The molecule has 0 aliphatic heterocycles. The number of hydrogen-bond acceptors (Lipinski definition) is 3. The van der Waals surface area contributed by atoms with Crippen molar-refractivity contribution in [2.24, 2.45) is 0 Å². The minimum atomic E-state index is -0.310. The summed E-state index contributed by atoms with van der Waals surface area (Å²) >= 11 is 0. The number of benzene rings is 2. The predicted molar refractivity (Wildman–Crippen MR) is 97.1 cm³/mol. The number of ether oxygens (including phenoxy) is 2. The maximum absolute atomic E-state index is 12.1. The van der Waals surface area contributed by atoms with Gasteiger partial charge in [-0.1, -0.05) is 26.0 Å². The lowest BCUT2D eigenvalue weighted by molar-refractivity contribution is 0.262. The van der Waals surface area contributed by atoms with E-state index < -0.39 is 0 Å². The van der Waals surface area contributed by atoms with Crippen molar-refractivity contribution >= 4 is 17.4 Å². The molecule has 0 aliphatic rings. The minimum absolute atomic E-state index is 0.310. The zero-order chi connectivity index (χ0) is 17.2. The number of anilines is 2. The van der Waals surface area contributed by atoms with Gasteiger partial charge in [0.25, 0.3) is 0 Å². The van der Waals surface area contributed by atoms with Crippen LogP contribution in [0.3, 0.4) is 0 Å². The van der Waals surface area contributed by atoms with Crippen LogP contribution in [0, 0.1) is 0 Å². The Morgan fingerprint density at radius 3 is 1.71 bits per heavy atom. The highest BCUT2D eigenvalue weighted by atomic mass is 16.5. The number of hydrogen-bond donors (Lipinski definition) is 2. The second-order valence-corrected chi connectivity index (χ2v) is 5.33. The molecule has 5 heteroatoms. The molecule has 128 valence electrons. The highest BCUT2D eigenvalue weighted by Crippen LogP contribution is 2.20. The van der Waals surface area contributed by atoms with Crippen molar-refractivity contribution in [3.8, 4) is 11.5 Å². The van der Waals surface area contributed by atoms with Crippen molar-refractivity contribution in [2.75, 3.05) is 23.8 Å². The molecule has 0 fully saturated rings. The molecular weight excluding hydrogens is 304 g/mol. The zero-order valence-electron chi connectivity index (χ0n) is 14.2. The van der Waals surface area contributed by atoms with Gasteiger partial charge in [-0.05, 0) is 37.1 Å². The number of amides is 2. The summed E-state index contributed by atoms with van der Waals surface area (Å²) in [5.41, 5.74) is 1.36. The van der Waals surface area contributed by atoms with Gasteiger partial charge in [-0.2, -0.15) is 0 Å². The summed E-state index contributed by atoms with van der Waals surface area (Å²) < 4.78 is 11.1. The molecule has 0 aromatic heterocycles. The summed E-state index contributed by atoms with van der Waals surface area (Å²) in [7, 11) is 0. The monoisotopic (exact) mass is 328 g/mol. The largest absolute Gasteiger partial charge is 0.494 e. The Labute approximate surface area is 143 Å². The van der Waals surface area contributed by atoms with E-state index in [1.807, 2.05) is 50.2 Å². The molecule has 24 heavy (non-hydrogen) atoms. The maximum Gasteiger partial charge on any atom is 0.323 e. The van der Waals surface area contributed by atoms with E-state index in [9.17, 15) is 4.79 Å². The Kier molecular flexibility index (Phi) is 6.95. The van der Waals surface area contributed by atoms with Gasteiger partial charge in [-0.15, -0.1) is 0 Å². The fraction of sp³-hybridized carbons (Fsp3) is 0.316. The fourth-order valence-electron chi connectivity index (χ4n) is 2.06. The van der Waals surface area contributed by atoms with Crippen molar-refractivity contribution < 1.29 is 14.3 Å². The number of urea groups is 1. The summed E-state index contributed by atoms with van der Waals surface area (Å²) in [6.45, 7) is 5.40. The first-order chi connectivity index (χ1) is 11.7. The second-order valence-electron chi connectivity index (χ2n) is 5.33. The van der Waals surface area contributed by atoms with Gasteiger partial charge >= 0.3 is 6.03 Å². The third kappa shape index (κ3) is 5.83. The van der Waals surface area contributed by atoms with Crippen molar-refractivity contribution in [2.45, 2.75) is 26.7 Å². The molecule has 2 amide bonds. The molecule has 2 N–H and O–H groups in total. The van der Waals surface area contributed by atoms with E-state index in [1.54, 1.807) is 12.1 Å². The van der Waals surface area contributed by atoms with Crippen molar-refractivity contribution in [1.82, 2.24) is 0 Å². The van der Waals surface area contributed by atoms with E-state index in [0.717, 1.165) is 24.3 Å². The molecule has 0 aliphatic carbocycles. The van der Waals surface area contributed by atoms with E-state index in [2.05, 4.69) is 10.6 Å². The normalized spacial score (nSPS) is 10.1. The van der Waals surface area contributed by atoms with Crippen LogP contribution in [0.5, 0.6) is 11.5 Å². The SMILES string of the molecule is CCCOc1cccc(NC(=O)Nc2cccc(OCCC)c2)c1. The molecule has 0 atom stereocenters. The topological polar surface area (TPSA) is 59.6 Å². The quantitative estimate of drug-likeness (QED) is 0.724. The molecule has 0 saturated heterocycles. The van der Waals surface area contributed by atoms with E-state index in [0.29, 0.717) is 24.6 Å². The van der Waals surface area contributed by atoms with Gasteiger partial charge in [0.2, 0.25) is 0 Å². The molecule has 0 spiro atoms. The predicted octanol–water partition coefficient (Wildman–Crippen LogP) is 4.91. The van der Waals surface area contributed by atoms with Crippen LogP contribution in [0.4, 0.5) is 16.2 Å². The van der Waals surface area contributed by atoms with Crippen LogP contribution in [0.15, 0.2) is 48.5 Å². The average Bonchev–Trinajstić information content (AvgIpc) is 2.58. The minimum Gasteiger partial charge on any atom is -0.494 e. The summed E-state index contributed by atoms with van der Waals surface area (Å²) in [5, 5.41) is 5.60. The Morgan fingerprint density at radius 2 is 1.29 bits per heavy atom. The third-order valence-electron chi connectivity index (χ3n) is 3.13. The van der Waals surface area contributed by atoms with Gasteiger partial charge in [0.15, 0.2) is 0 Å². The molecule has 2 aromatic rings. The first-order valence-electron chi connectivity index (χ1n) is 8.25. The van der Waals surface area contributed by atoms with E-state index in [4.69, 9.17) is 9.47 Å². The van der Waals surface area contributed by atoms with Gasteiger partial charge in [-0.25, -0.2) is 4.79 Å². The molecule has 0 saturated carbocycles. The van der Waals surface area contributed by atoms with Crippen LogP contribution in [0.2, 0.25) is 0 Å². The number of nitrogens with one attached hydrogen (secondary N) is 2. The molecule has 2 aromatic carbocycles. The lowest BCUT2D eigenvalue weighted by Crippen LogP contribution is -2.19. The lowest BCUT2D eigenvalue weighted by atomic mass is 10.3. The first kappa shape index (κ1) is 17.7. The van der Waals surface area contributed by atoms with Crippen LogP contribution < -0.4 is 20.1 Å². The van der Waals surface area contributed by atoms with Gasteiger partial charge in [0.05, 0.1) is 13.2 Å². The van der Waals surface area contributed by atoms with Crippen molar-refractivity contribution in [3.05, 3.63) is 48.5 Å². The van der Waals surface area contributed by atoms with Gasteiger partial charge < -0.3 is 20.1 Å². The Balaban J connectivity index is 1.93. The standard InChI is InChI=1S/C19H24N2O3/c1-3-11-23-17-9-5-7-15(13-17)20-19(22)21-16-8-6-10-18(14-16)24-12-4-2/h5-10,13-14H,3-4,11-12H2,1-2H3,(H2,20,21,22). The highest BCUT2D eigenvalue weighted by molar-refractivity contribution is 5.99. The average molecular weight is 328 g/mol. The third-order valence-corrected chi connectivity index (χ3v) is 3.13. The van der Waals surface area contributed by atoms with Gasteiger partial charge in [0.1, 0.15) is 11.5 Å². The first-order valence-corrected chi connectivity index (χ1v) is 8.25. The van der Waals surface area contributed by atoms with Crippen molar-refractivity contribution in [1.29, 1.82) is 0 Å². The molecular formula is C19H24N2O3. The van der Waals surface area contributed by atoms with Crippen LogP contribution in [0.1, 0.15) is 26.7 Å². The molecule has 0 unspecified atom stereocenters. The van der Waals surface area contributed by atoms with Crippen LogP contribution in [0.25, 0.3) is 0 Å². The number of carbonyl (C=O) groups excluding carboxylic acids is 1. The fourth-order valence-corrected chi connectivity index (χ4v) is 2.06. The molecule has 0 bridgehead atoms. The molecule has 0 radical (unpaired) electrons. The molecule has 5 nitrogen and oxygen atoms in total. The molecule has 0 heterocycles. The lowest BCUT2D eigenvalue weighted by Gasteiger charge is -2.11. The van der Waals surface area contributed by atoms with Crippen LogP contribution in [-0.4, -0.2) is 19.2 Å². The maximum atomic E-state index is 12.1. The Morgan fingerprint density at radius 1 is 0.833 bits per heavy atom. The Bertz CT molecular complexity index is 603. The molecule has 2 rings (SSSR count). The van der Waals surface area contributed by atoms with Crippen LogP contribution >= 0.6 is 0 Å². The smallest absolute Gasteiger partial charge is 0.323 e. The van der Waals surface area contributed by atoms with E-state index >= 15 is 0 Å². The van der Waals surface area contributed by atoms with Gasteiger partial charge in [0, 0.05) is 23.5 Å². The van der Waals surface area contributed by atoms with E-state index in [1.165, 1.54) is 0 Å².